The second-order valence-electron chi connectivity index (χ2n) is 5.59. The molecule has 2 aliphatic carbocycles. The van der Waals surface area contributed by atoms with Crippen molar-refractivity contribution in [3.8, 4) is 0 Å². The number of nitrogens with zero attached hydrogens (tertiary/aromatic N) is 2. The van der Waals surface area contributed by atoms with Crippen LogP contribution in [0.25, 0.3) is 0 Å². The molecule has 3 nitrogen and oxygen atoms in total. The van der Waals surface area contributed by atoms with Crippen LogP contribution in [0.2, 0.25) is 0 Å². The van der Waals surface area contributed by atoms with Gasteiger partial charge in [-0.3, -0.25) is 0 Å². The summed E-state index contributed by atoms with van der Waals surface area (Å²) in [6.45, 7) is 2.16. The zero-order chi connectivity index (χ0) is 12.5. The summed E-state index contributed by atoms with van der Waals surface area (Å²) in [5, 5.41) is 3.66. The Labute approximate surface area is 117 Å². The molecular formula is C14H20BrN3. The molecule has 2 aliphatic rings. The predicted molar refractivity (Wildman–Crippen MR) is 76.6 cm³/mol. The first-order valence-corrected chi connectivity index (χ1v) is 7.85. The van der Waals surface area contributed by atoms with E-state index in [9.17, 15) is 0 Å². The third-order valence-corrected chi connectivity index (χ3v) is 4.20. The summed E-state index contributed by atoms with van der Waals surface area (Å²) in [6, 6.07) is 2.66. The van der Waals surface area contributed by atoms with E-state index in [0.29, 0.717) is 6.04 Å². The largest absolute Gasteiger partial charge is 0.367 e. The van der Waals surface area contributed by atoms with Crippen LogP contribution in [0.4, 0.5) is 5.82 Å². The molecule has 0 saturated heterocycles. The average Bonchev–Trinajstić information content (AvgIpc) is 3.18. The maximum absolute atomic E-state index is 4.63. The van der Waals surface area contributed by atoms with Crippen LogP contribution in [-0.2, 0) is 6.42 Å². The van der Waals surface area contributed by atoms with Gasteiger partial charge in [0.05, 0.1) is 0 Å². The van der Waals surface area contributed by atoms with E-state index >= 15 is 0 Å². The van der Waals surface area contributed by atoms with Crippen molar-refractivity contribution in [1.29, 1.82) is 0 Å². The summed E-state index contributed by atoms with van der Waals surface area (Å²) in [6.07, 6.45) is 7.60. The third-order valence-electron chi connectivity index (χ3n) is 3.79. The highest BCUT2D eigenvalue weighted by atomic mass is 79.9. The van der Waals surface area contributed by atoms with E-state index < -0.39 is 0 Å². The molecule has 18 heavy (non-hydrogen) atoms. The highest BCUT2D eigenvalue weighted by Gasteiger charge is 2.41. The highest BCUT2D eigenvalue weighted by molar-refractivity contribution is 9.10. The molecule has 98 valence electrons. The molecule has 0 aromatic carbocycles. The fourth-order valence-corrected chi connectivity index (χ4v) is 3.00. The van der Waals surface area contributed by atoms with E-state index in [1.165, 1.54) is 25.7 Å². The first-order chi connectivity index (χ1) is 8.76. The molecule has 2 fully saturated rings. The smallest absolute Gasteiger partial charge is 0.132 e. The maximum Gasteiger partial charge on any atom is 0.132 e. The summed E-state index contributed by atoms with van der Waals surface area (Å²) < 4.78 is 0.897. The maximum atomic E-state index is 4.63. The molecule has 0 atom stereocenters. The standard InChI is InChI=1S/C14H20BrN3/c1-2-3-12-16-11(15)8-13(17-12)18-14(9-4-5-9)10-6-7-10/h8-10,14H,2-7H2,1H3,(H,16,17,18). The van der Waals surface area contributed by atoms with E-state index in [1.807, 2.05) is 6.07 Å². The Kier molecular flexibility index (Phi) is 3.55. The van der Waals surface area contributed by atoms with Crippen molar-refractivity contribution in [3.05, 3.63) is 16.5 Å². The molecule has 1 aromatic rings. The van der Waals surface area contributed by atoms with Gasteiger partial charge in [0.25, 0.3) is 0 Å². The van der Waals surface area contributed by atoms with Crippen LogP contribution < -0.4 is 5.32 Å². The van der Waals surface area contributed by atoms with Crippen molar-refractivity contribution >= 4 is 21.7 Å². The Bertz CT molecular complexity index is 415. The molecule has 1 N–H and O–H groups in total. The lowest BCUT2D eigenvalue weighted by Gasteiger charge is -2.18. The van der Waals surface area contributed by atoms with Crippen LogP contribution >= 0.6 is 15.9 Å². The molecule has 0 spiro atoms. The minimum absolute atomic E-state index is 0.654. The number of rotatable bonds is 6. The molecule has 0 amide bonds. The Morgan fingerprint density at radius 1 is 1.28 bits per heavy atom. The molecular weight excluding hydrogens is 290 g/mol. The lowest BCUT2D eigenvalue weighted by Crippen LogP contribution is -2.25. The molecule has 1 heterocycles. The zero-order valence-corrected chi connectivity index (χ0v) is 12.4. The van der Waals surface area contributed by atoms with Crippen molar-refractivity contribution < 1.29 is 0 Å². The van der Waals surface area contributed by atoms with Gasteiger partial charge in [0.1, 0.15) is 16.2 Å². The van der Waals surface area contributed by atoms with Crippen molar-refractivity contribution in [2.75, 3.05) is 5.32 Å². The fourth-order valence-electron chi connectivity index (χ4n) is 2.58. The summed E-state index contributed by atoms with van der Waals surface area (Å²) in [4.78, 5) is 9.05. The van der Waals surface area contributed by atoms with Crippen molar-refractivity contribution in [3.63, 3.8) is 0 Å². The van der Waals surface area contributed by atoms with Crippen molar-refractivity contribution in [1.82, 2.24) is 9.97 Å². The van der Waals surface area contributed by atoms with Gasteiger partial charge in [0.2, 0.25) is 0 Å². The predicted octanol–water partition coefficient (Wildman–Crippen LogP) is 3.79. The van der Waals surface area contributed by atoms with Crippen LogP contribution in [0.3, 0.4) is 0 Å². The summed E-state index contributed by atoms with van der Waals surface area (Å²) in [7, 11) is 0. The molecule has 0 radical (unpaired) electrons. The summed E-state index contributed by atoms with van der Waals surface area (Å²) >= 11 is 3.49. The normalized spacial score (nSPS) is 19.3. The number of anilines is 1. The van der Waals surface area contributed by atoms with E-state index in [-0.39, 0.29) is 0 Å². The van der Waals surface area contributed by atoms with Gasteiger partial charge in [-0.25, -0.2) is 9.97 Å². The molecule has 3 rings (SSSR count). The quantitative estimate of drug-likeness (QED) is 0.812. The van der Waals surface area contributed by atoms with E-state index in [1.54, 1.807) is 0 Å². The Morgan fingerprint density at radius 2 is 1.94 bits per heavy atom. The third kappa shape index (κ3) is 3.02. The van der Waals surface area contributed by atoms with Crippen molar-refractivity contribution in [2.45, 2.75) is 51.5 Å². The number of aryl methyl sites for hydroxylation is 1. The minimum atomic E-state index is 0.654. The second kappa shape index (κ2) is 5.16. The summed E-state index contributed by atoms with van der Waals surface area (Å²) in [5.41, 5.74) is 0. The molecule has 0 bridgehead atoms. The number of hydrogen-bond acceptors (Lipinski definition) is 3. The van der Waals surface area contributed by atoms with Crippen LogP contribution in [0.1, 0.15) is 44.9 Å². The number of hydrogen-bond donors (Lipinski definition) is 1. The zero-order valence-electron chi connectivity index (χ0n) is 10.8. The lowest BCUT2D eigenvalue weighted by molar-refractivity contribution is 0.565. The first kappa shape index (κ1) is 12.4. The average molecular weight is 310 g/mol. The monoisotopic (exact) mass is 309 g/mol. The molecule has 0 aliphatic heterocycles. The highest BCUT2D eigenvalue weighted by Crippen LogP contribution is 2.45. The van der Waals surface area contributed by atoms with Crippen LogP contribution in [-0.4, -0.2) is 16.0 Å². The topological polar surface area (TPSA) is 37.8 Å². The number of aromatic nitrogens is 2. The van der Waals surface area contributed by atoms with Crippen LogP contribution in [0, 0.1) is 11.8 Å². The Hall–Kier alpha value is -0.640. The number of halogens is 1. The molecule has 2 saturated carbocycles. The molecule has 0 unspecified atom stereocenters. The van der Waals surface area contributed by atoms with E-state index in [2.05, 4.69) is 38.1 Å². The van der Waals surface area contributed by atoms with E-state index in [4.69, 9.17) is 0 Å². The Balaban J connectivity index is 1.73. The van der Waals surface area contributed by atoms with Crippen LogP contribution in [0.15, 0.2) is 10.7 Å². The van der Waals surface area contributed by atoms with Gasteiger partial charge in [-0.05, 0) is 59.9 Å². The minimum Gasteiger partial charge on any atom is -0.367 e. The van der Waals surface area contributed by atoms with E-state index in [0.717, 1.165) is 40.9 Å². The van der Waals surface area contributed by atoms with Crippen molar-refractivity contribution in [2.24, 2.45) is 11.8 Å². The Morgan fingerprint density at radius 3 is 2.50 bits per heavy atom. The molecule has 4 heteroatoms. The first-order valence-electron chi connectivity index (χ1n) is 7.06. The van der Waals surface area contributed by atoms with Gasteiger partial charge < -0.3 is 5.32 Å². The van der Waals surface area contributed by atoms with Gasteiger partial charge in [0.15, 0.2) is 0 Å². The SMILES string of the molecule is CCCc1nc(Br)cc(NC(C2CC2)C2CC2)n1. The van der Waals surface area contributed by atoms with Gasteiger partial charge >= 0.3 is 0 Å². The second-order valence-corrected chi connectivity index (χ2v) is 6.40. The fraction of sp³-hybridized carbons (Fsp3) is 0.714. The number of nitrogens with one attached hydrogen (secondary N) is 1. The summed E-state index contributed by atoms with van der Waals surface area (Å²) in [5.74, 6) is 3.73. The van der Waals surface area contributed by atoms with Crippen LogP contribution in [0.5, 0.6) is 0 Å². The molecule has 1 aromatic heterocycles. The van der Waals surface area contributed by atoms with Gasteiger partial charge in [0, 0.05) is 18.5 Å². The van der Waals surface area contributed by atoms with Gasteiger partial charge in [-0.1, -0.05) is 6.92 Å². The lowest BCUT2D eigenvalue weighted by atomic mass is 10.1. The van der Waals surface area contributed by atoms with Gasteiger partial charge in [-0.15, -0.1) is 0 Å². The van der Waals surface area contributed by atoms with Gasteiger partial charge in [-0.2, -0.15) is 0 Å².